The van der Waals surface area contributed by atoms with Gasteiger partial charge < -0.3 is 11.1 Å². The molecule has 1 aromatic heterocycles. The van der Waals surface area contributed by atoms with Gasteiger partial charge in [-0.1, -0.05) is 38.5 Å². The fourth-order valence-corrected chi connectivity index (χ4v) is 2.14. The number of nitrogens with zero attached hydrogens (tertiary/aromatic N) is 1. The van der Waals surface area contributed by atoms with Crippen molar-refractivity contribution in [1.29, 1.82) is 0 Å². The fourth-order valence-electron chi connectivity index (χ4n) is 2.14. The quantitative estimate of drug-likeness (QED) is 0.898. The zero-order valence-electron chi connectivity index (χ0n) is 12.2. The van der Waals surface area contributed by atoms with Gasteiger partial charge in [0.25, 0.3) is 0 Å². The van der Waals surface area contributed by atoms with Crippen molar-refractivity contribution in [2.45, 2.75) is 33.2 Å². The molecule has 2 aromatic rings. The van der Waals surface area contributed by atoms with E-state index >= 15 is 0 Å². The maximum absolute atomic E-state index is 12.2. The molecule has 3 N–H and O–H groups in total. The van der Waals surface area contributed by atoms with E-state index in [9.17, 15) is 4.79 Å². The second-order valence-electron chi connectivity index (χ2n) is 5.23. The molecule has 106 valence electrons. The van der Waals surface area contributed by atoms with E-state index in [-0.39, 0.29) is 11.8 Å². The summed E-state index contributed by atoms with van der Waals surface area (Å²) in [4.78, 5) is 16.7. The first-order chi connectivity index (χ1) is 9.52. The maximum atomic E-state index is 12.2. The number of carbonyl (C=O) groups excluding carboxylic acids is 1. The highest BCUT2D eigenvalue weighted by Gasteiger charge is 2.20. The number of aromatic nitrogens is 1. The normalized spacial score (nSPS) is 14.0. The summed E-state index contributed by atoms with van der Waals surface area (Å²) in [5, 5.41) is 3.87. The van der Waals surface area contributed by atoms with E-state index in [1.165, 1.54) is 0 Å². The van der Waals surface area contributed by atoms with E-state index in [1.54, 1.807) is 0 Å². The summed E-state index contributed by atoms with van der Waals surface area (Å²) in [6.45, 7) is 5.93. The van der Waals surface area contributed by atoms with Crippen molar-refractivity contribution in [3.05, 3.63) is 36.0 Å². The highest BCUT2D eigenvalue weighted by atomic mass is 16.2. The molecular weight excluding hydrogens is 250 g/mol. The van der Waals surface area contributed by atoms with Crippen LogP contribution in [0.1, 0.15) is 26.0 Å². The van der Waals surface area contributed by atoms with E-state index in [0.717, 1.165) is 28.7 Å². The number of fused-ring (bicyclic) bond motifs is 1. The molecule has 0 aliphatic rings. The predicted octanol–water partition coefficient (Wildman–Crippen LogP) is 2.86. The molecule has 0 saturated carbocycles. The average Bonchev–Trinajstić information content (AvgIpc) is 2.45. The van der Waals surface area contributed by atoms with Crippen molar-refractivity contribution >= 4 is 22.5 Å². The number of nitrogens with two attached hydrogens (primary N) is 1. The lowest BCUT2D eigenvalue weighted by atomic mass is 9.99. The summed E-state index contributed by atoms with van der Waals surface area (Å²) in [7, 11) is 0. The van der Waals surface area contributed by atoms with Gasteiger partial charge in [-0.3, -0.25) is 9.78 Å². The van der Waals surface area contributed by atoms with Crippen molar-refractivity contribution in [1.82, 2.24) is 4.98 Å². The van der Waals surface area contributed by atoms with Crippen molar-refractivity contribution in [2.75, 3.05) is 5.32 Å². The second kappa shape index (κ2) is 6.01. The van der Waals surface area contributed by atoms with Gasteiger partial charge in [0.05, 0.1) is 17.2 Å². The number of rotatable bonds is 4. The minimum atomic E-state index is -0.493. The second-order valence-corrected chi connectivity index (χ2v) is 5.23. The van der Waals surface area contributed by atoms with E-state index in [4.69, 9.17) is 5.73 Å². The first-order valence-electron chi connectivity index (χ1n) is 6.95. The summed E-state index contributed by atoms with van der Waals surface area (Å²) >= 11 is 0. The maximum Gasteiger partial charge on any atom is 0.241 e. The highest BCUT2D eigenvalue weighted by Crippen LogP contribution is 2.23. The Morgan fingerprint density at radius 1 is 1.40 bits per heavy atom. The molecule has 0 aliphatic heterocycles. The summed E-state index contributed by atoms with van der Waals surface area (Å²) in [6.07, 6.45) is 0.880. The molecule has 0 bridgehead atoms. The van der Waals surface area contributed by atoms with E-state index in [0.29, 0.717) is 0 Å². The first kappa shape index (κ1) is 14.5. The lowest BCUT2D eigenvalue weighted by molar-refractivity contribution is -0.118. The largest absolute Gasteiger partial charge is 0.324 e. The van der Waals surface area contributed by atoms with E-state index < -0.39 is 6.04 Å². The molecule has 1 amide bonds. The lowest BCUT2D eigenvalue weighted by Crippen LogP contribution is -2.40. The van der Waals surface area contributed by atoms with Crippen LogP contribution in [-0.2, 0) is 4.79 Å². The van der Waals surface area contributed by atoms with Gasteiger partial charge in [0.2, 0.25) is 5.91 Å². The molecule has 20 heavy (non-hydrogen) atoms. The molecule has 0 saturated heterocycles. The van der Waals surface area contributed by atoms with Gasteiger partial charge in [0, 0.05) is 11.1 Å². The monoisotopic (exact) mass is 271 g/mol. The molecule has 2 atom stereocenters. The van der Waals surface area contributed by atoms with Crippen LogP contribution in [0.4, 0.5) is 5.69 Å². The number of aryl methyl sites for hydroxylation is 1. The van der Waals surface area contributed by atoms with E-state index in [2.05, 4.69) is 10.3 Å². The zero-order valence-corrected chi connectivity index (χ0v) is 12.2. The topological polar surface area (TPSA) is 68.0 Å². The Labute approximate surface area is 119 Å². The van der Waals surface area contributed by atoms with Crippen LogP contribution in [0.5, 0.6) is 0 Å². The number of anilines is 1. The molecule has 4 heteroatoms. The third kappa shape index (κ3) is 2.96. The molecule has 4 nitrogen and oxygen atoms in total. The van der Waals surface area contributed by atoms with Crippen LogP contribution in [0.3, 0.4) is 0 Å². The smallest absolute Gasteiger partial charge is 0.241 e. The number of hydrogen-bond donors (Lipinski definition) is 2. The first-order valence-corrected chi connectivity index (χ1v) is 6.95. The number of benzene rings is 1. The number of nitrogens with one attached hydrogen (secondary N) is 1. The lowest BCUT2D eigenvalue weighted by Gasteiger charge is -2.18. The molecule has 1 heterocycles. The number of carbonyl (C=O) groups is 1. The summed E-state index contributed by atoms with van der Waals surface area (Å²) < 4.78 is 0. The van der Waals surface area contributed by atoms with E-state index in [1.807, 2.05) is 51.1 Å². The molecule has 0 spiro atoms. The van der Waals surface area contributed by atoms with Crippen molar-refractivity contribution in [2.24, 2.45) is 11.7 Å². The van der Waals surface area contributed by atoms with Gasteiger partial charge in [-0.15, -0.1) is 0 Å². The summed E-state index contributed by atoms with van der Waals surface area (Å²) in [5.41, 5.74) is 8.49. The van der Waals surface area contributed by atoms with Crippen molar-refractivity contribution in [3.8, 4) is 0 Å². The Hall–Kier alpha value is -1.94. The van der Waals surface area contributed by atoms with Crippen LogP contribution < -0.4 is 11.1 Å². The van der Waals surface area contributed by atoms with Crippen LogP contribution in [-0.4, -0.2) is 16.9 Å². The van der Waals surface area contributed by atoms with Gasteiger partial charge in [0.1, 0.15) is 0 Å². The van der Waals surface area contributed by atoms with Gasteiger partial charge in [-0.25, -0.2) is 0 Å². The Morgan fingerprint density at radius 3 is 2.80 bits per heavy atom. The number of hydrogen-bond acceptors (Lipinski definition) is 3. The van der Waals surface area contributed by atoms with Crippen LogP contribution in [0.2, 0.25) is 0 Å². The predicted molar refractivity (Wildman–Crippen MR) is 82.5 cm³/mol. The molecule has 1 aromatic carbocycles. The van der Waals surface area contributed by atoms with Gasteiger partial charge in [-0.2, -0.15) is 0 Å². The summed E-state index contributed by atoms with van der Waals surface area (Å²) in [5.74, 6) is 0.0132. The zero-order chi connectivity index (χ0) is 14.7. The number of para-hydroxylation sites is 1. The van der Waals surface area contributed by atoms with Crippen LogP contribution in [0, 0.1) is 12.8 Å². The molecule has 0 radical (unpaired) electrons. The van der Waals surface area contributed by atoms with Crippen molar-refractivity contribution in [3.63, 3.8) is 0 Å². The minimum absolute atomic E-state index is 0.143. The van der Waals surface area contributed by atoms with Crippen LogP contribution in [0.15, 0.2) is 30.3 Å². The third-order valence-electron chi connectivity index (χ3n) is 3.66. The minimum Gasteiger partial charge on any atom is -0.324 e. The number of amides is 1. The molecule has 2 rings (SSSR count). The van der Waals surface area contributed by atoms with Crippen LogP contribution >= 0.6 is 0 Å². The average molecular weight is 271 g/mol. The number of pyridine rings is 1. The Kier molecular flexibility index (Phi) is 4.35. The van der Waals surface area contributed by atoms with Gasteiger partial charge in [-0.05, 0) is 25.0 Å². The Morgan fingerprint density at radius 2 is 2.10 bits per heavy atom. The molecule has 0 unspecified atom stereocenters. The van der Waals surface area contributed by atoms with Crippen LogP contribution in [0.25, 0.3) is 10.9 Å². The fraction of sp³-hybridized carbons (Fsp3) is 0.375. The Balaban J connectivity index is 2.32. The highest BCUT2D eigenvalue weighted by molar-refractivity contribution is 6.02. The Bertz CT molecular complexity index is 624. The van der Waals surface area contributed by atoms with Crippen molar-refractivity contribution < 1.29 is 4.79 Å². The molecule has 0 aliphatic carbocycles. The third-order valence-corrected chi connectivity index (χ3v) is 3.66. The van der Waals surface area contributed by atoms with Gasteiger partial charge in [0.15, 0.2) is 0 Å². The SMILES string of the molecule is CC[C@H](C)[C@H](N)C(=O)Nc1cc(C)nc2ccccc12. The molecular formula is C16H21N3O. The van der Waals surface area contributed by atoms with Gasteiger partial charge >= 0.3 is 0 Å². The standard InChI is InChI=1S/C16H21N3O/c1-4-10(2)15(17)16(20)19-14-9-11(3)18-13-8-6-5-7-12(13)14/h5-10,15H,4,17H2,1-3H3,(H,18,19,20)/t10-,15-/m0/s1. The molecule has 0 fully saturated rings. The summed E-state index contributed by atoms with van der Waals surface area (Å²) in [6, 6.07) is 9.14.